The van der Waals surface area contributed by atoms with Gasteiger partial charge in [0.15, 0.2) is 0 Å². The molecule has 0 unspecified atom stereocenters. The van der Waals surface area contributed by atoms with Crippen LogP contribution in [0.2, 0.25) is 5.02 Å². The van der Waals surface area contributed by atoms with E-state index in [9.17, 15) is 4.79 Å². The maximum Gasteiger partial charge on any atom is 0.246 e. The Bertz CT molecular complexity index is 651. The van der Waals surface area contributed by atoms with Gasteiger partial charge in [0.1, 0.15) is 6.61 Å². The molecule has 0 fully saturated rings. The predicted octanol–water partition coefficient (Wildman–Crippen LogP) is 2.96. The van der Waals surface area contributed by atoms with Crippen LogP contribution in [0.15, 0.2) is 18.2 Å². The fourth-order valence-electron chi connectivity index (χ4n) is 2.96. The Kier molecular flexibility index (Phi) is 3.68. The lowest BCUT2D eigenvalue weighted by molar-refractivity contribution is -0.125. The summed E-state index contributed by atoms with van der Waals surface area (Å²) in [6.45, 7) is 0.0901. The molecule has 2 N–H and O–H groups in total. The van der Waals surface area contributed by atoms with Gasteiger partial charge in [-0.1, -0.05) is 23.7 Å². The molecule has 5 heteroatoms. The number of para-hydroxylation sites is 1. The second-order valence-corrected chi connectivity index (χ2v) is 5.53. The third-order valence-electron chi connectivity index (χ3n) is 3.80. The number of aromatic amines is 1. The monoisotopic (exact) mass is 292 g/mol. The van der Waals surface area contributed by atoms with Crippen LogP contribution in [-0.2, 0) is 16.0 Å². The van der Waals surface area contributed by atoms with E-state index < -0.39 is 0 Å². The summed E-state index contributed by atoms with van der Waals surface area (Å²) in [5, 5.41) is 4.90. The highest BCUT2D eigenvalue weighted by molar-refractivity contribution is 6.35. The molecule has 0 aliphatic heterocycles. The molecule has 1 aliphatic rings. The molecule has 1 aromatic heterocycles. The zero-order valence-corrected chi connectivity index (χ0v) is 12.1. The van der Waals surface area contributed by atoms with Gasteiger partial charge in [0.05, 0.1) is 16.6 Å². The van der Waals surface area contributed by atoms with Crippen molar-refractivity contribution in [3.63, 3.8) is 0 Å². The van der Waals surface area contributed by atoms with Gasteiger partial charge >= 0.3 is 0 Å². The van der Waals surface area contributed by atoms with Crippen LogP contribution in [0.3, 0.4) is 0 Å². The fourth-order valence-corrected chi connectivity index (χ4v) is 3.19. The highest BCUT2D eigenvalue weighted by Crippen LogP contribution is 2.36. The van der Waals surface area contributed by atoms with Crippen LogP contribution in [0.1, 0.15) is 30.1 Å². The normalized spacial score (nSPS) is 18.0. The lowest BCUT2D eigenvalue weighted by atomic mass is 9.91. The molecule has 0 saturated heterocycles. The highest BCUT2D eigenvalue weighted by Gasteiger charge is 2.25. The quantitative estimate of drug-likeness (QED) is 0.914. The molecule has 1 heterocycles. The molecule has 20 heavy (non-hydrogen) atoms. The van der Waals surface area contributed by atoms with Crippen LogP contribution in [0, 0.1) is 0 Å². The summed E-state index contributed by atoms with van der Waals surface area (Å²) >= 11 is 6.24. The molecular formula is C15H17ClN2O2. The summed E-state index contributed by atoms with van der Waals surface area (Å²) in [5.74, 6) is -0.0879. The van der Waals surface area contributed by atoms with E-state index in [-0.39, 0.29) is 18.6 Å². The minimum absolute atomic E-state index is 0.0184. The Hall–Kier alpha value is -1.52. The molecule has 0 saturated carbocycles. The average molecular weight is 293 g/mol. The predicted molar refractivity (Wildman–Crippen MR) is 79.0 cm³/mol. The Balaban J connectivity index is 1.98. The van der Waals surface area contributed by atoms with E-state index >= 15 is 0 Å². The molecule has 1 aliphatic carbocycles. The van der Waals surface area contributed by atoms with E-state index in [2.05, 4.69) is 16.4 Å². The SMILES string of the molecule is COCC(=O)N[C@H]1CCCc2c1[nH]c1c(Cl)cccc21. The van der Waals surface area contributed by atoms with E-state index in [4.69, 9.17) is 16.3 Å². The van der Waals surface area contributed by atoms with Crippen LogP contribution >= 0.6 is 11.6 Å². The van der Waals surface area contributed by atoms with Crippen molar-refractivity contribution in [2.45, 2.75) is 25.3 Å². The molecule has 2 aromatic rings. The van der Waals surface area contributed by atoms with Crippen molar-refractivity contribution in [3.8, 4) is 0 Å². The van der Waals surface area contributed by atoms with Crippen LogP contribution < -0.4 is 5.32 Å². The third-order valence-corrected chi connectivity index (χ3v) is 4.12. The summed E-state index contributed by atoms with van der Waals surface area (Å²) in [7, 11) is 1.52. The van der Waals surface area contributed by atoms with E-state index in [0.29, 0.717) is 0 Å². The first-order chi connectivity index (χ1) is 9.70. The summed E-state index contributed by atoms with van der Waals surface area (Å²) in [5.41, 5.74) is 3.33. The molecule has 0 radical (unpaired) electrons. The highest BCUT2D eigenvalue weighted by atomic mass is 35.5. The van der Waals surface area contributed by atoms with Crippen molar-refractivity contribution in [1.29, 1.82) is 0 Å². The number of hydrogen-bond acceptors (Lipinski definition) is 2. The molecule has 0 bridgehead atoms. The number of methoxy groups -OCH3 is 1. The maximum absolute atomic E-state index is 11.7. The zero-order chi connectivity index (χ0) is 14.1. The Morgan fingerprint density at radius 1 is 1.55 bits per heavy atom. The molecule has 106 valence electrons. The number of halogens is 1. The zero-order valence-electron chi connectivity index (χ0n) is 11.3. The van der Waals surface area contributed by atoms with Gasteiger partial charge in [-0.3, -0.25) is 4.79 Å². The third kappa shape index (κ3) is 2.30. The van der Waals surface area contributed by atoms with Crippen molar-refractivity contribution in [2.75, 3.05) is 13.7 Å². The van der Waals surface area contributed by atoms with Gasteiger partial charge in [-0.2, -0.15) is 0 Å². The molecule has 4 nitrogen and oxygen atoms in total. The first-order valence-electron chi connectivity index (χ1n) is 6.78. The average Bonchev–Trinajstić information content (AvgIpc) is 2.81. The summed E-state index contributed by atoms with van der Waals surface area (Å²) in [6, 6.07) is 5.94. The molecule has 1 aromatic carbocycles. The van der Waals surface area contributed by atoms with Gasteiger partial charge in [0.2, 0.25) is 5.91 Å². The van der Waals surface area contributed by atoms with Crippen LogP contribution in [0.5, 0.6) is 0 Å². The molecular weight excluding hydrogens is 276 g/mol. The maximum atomic E-state index is 11.7. The molecule has 1 amide bonds. The number of carbonyl (C=O) groups excluding carboxylic acids is 1. The second-order valence-electron chi connectivity index (χ2n) is 5.12. The number of carbonyl (C=O) groups is 1. The van der Waals surface area contributed by atoms with Crippen LogP contribution in [-0.4, -0.2) is 24.6 Å². The summed E-state index contributed by atoms with van der Waals surface area (Å²) in [4.78, 5) is 15.1. The number of nitrogens with one attached hydrogen (secondary N) is 2. The smallest absolute Gasteiger partial charge is 0.246 e. The van der Waals surface area contributed by atoms with Gasteiger partial charge in [-0.15, -0.1) is 0 Å². The minimum Gasteiger partial charge on any atom is -0.375 e. The largest absolute Gasteiger partial charge is 0.375 e. The molecule has 3 rings (SSSR count). The second kappa shape index (κ2) is 5.46. The number of amides is 1. The van der Waals surface area contributed by atoms with Crippen molar-refractivity contribution < 1.29 is 9.53 Å². The number of rotatable bonds is 3. The van der Waals surface area contributed by atoms with Crippen molar-refractivity contribution in [2.24, 2.45) is 0 Å². The van der Waals surface area contributed by atoms with Gasteiger partial charge in [-0.25, -0.2) is 0 Å². The Morgan fingerprint density at radius 3 is 3.20 bits per heavy atom. The van der Waals surface area contributed by atoms with E-state index in [1.165, 1.54) is 12.7 Å². The van der Waals surface area contributed by atoms with Gasteiger partial charge < -0.3 is 15.0 Å². The molecule has 1 atom stereocenters. The number of H-pyrrole nitrogens is 1. The number of hydrogen-bond donors (Lipinski definition) is 2. The van der Waals surface area contributed by atoms with Crippen LogP contribution in [0.25, 0.3) is 10.9 Å². The first kappa shape index (κ1) is 13.5. The topological polar surface area (TPSA) is 54.1 Å². The van der Waals surface area contributed by atoms with Gasteiger partial charge in [-0.05, 0) is 30.9 Å². The van der Waals surface area contributed by atoms with Crippen LogP contribution in [0.4, 0.5) is 0 Å². The number of ether oxygens (including phenoxy) is 1. The number of aryl methyl sites for hydroxylation is 1. The Morgan fingerprint density at radius 2 is 2.40 bits per heavy atom. The number of fused-ring (bicyclic) bond motifs is 3. The van der Waals surface area contributed by atoms with E-state index in [1.54, 1.807) is 0 Å². The minimum atomic E-state index is -0.0879. The molecule has 0 spiro atoms. The van der Waals surface area contributed by atoms with Gasteiger partial charge in [0, 0.05) is 18.2 Å². The Labute approximate surface area is 122 Å². The van der Waals surface area contributed by atoms with Crippen molar-refractivity contribution in [3.05, 3.63) is 34.5 Å². The van der Waals surface area contributed by atoms with E-state index in [0.717, 1.165) is 40.9 Å². The standard InChI is InChI=1S/C15H17ClN2O2/c1-20-8-13(19)17-12-7-3-5-10-9-4-2-6-11(16)14(9)18-15(10)12/h2,4,6,12,18H,3,5,7-8H2,1H3,(H,17,19)/t12-/m0/s1. The lowest BCUT2D eigenvalue weighted by Gasteiger charge is -2.23. The number of benzene rings is 1. The summed E-state index contributed by atoms with van der Waals surface area (Å²) < 4.78 is 4.87. The fraction of sp³-hybridized carbons (Fsp3) is 0.400. The summed E-state index contributed by atoms with van der Waals surface area (Å²) in [6.07, 6.45) is 3.02. The number of aromatic nitrogens is 1. The first-order valence-corrected chi connectivity index (χ1v) is 7.15. The van der Waals surface area contributed by atoms with E-state index in [1.807, 2.05) is 12.1 Å². The van der Waals surface area contributed by atoms with Crippen molar-refractivity contribution >= 4 is 28.4 Å². The van der Waals surface area contributed by atoms with Crippen molar-refractivity contribution in [1.82, 2.24) is 10.3 Å². The lowest BCUT2D eigenvalue weighted by Crippen LogP contribution is -2.33. The van der Waals surface area contributed by atoms with Gasteiger partial charge in [0.25, 0.3) is 0 Å².